The molecule has 0 spiro atoms. The minimum atomic E-state index is -2.36. The molecule has 0 aromatic carbocycles. The number of nitrogens with two attached hydrogens (primary N) is 1. The van der Waals surface area contributed by atoms with Gasteiger partial charge in [0.1, 0.15) is 33.7 Å². The van der Waals surface area contributed by atoms with Crippen molar-refractivity contribution in [3.05, 3.63) is 160 Å². The molecule has 600 valence electrons. The van der Waals surface area contributed by atoms with Crippen molar-refractivity contribution >= 4 is 62.2 Å². The molecule has 5 aliphatic heterocycles. The number of alkyl halides is 10. The number of piperidine rings is 5. The molecule has 5 aromatic rings. The van der Waals surface area contributed by atoms with E-state index < -0.39 is 78.5 Å². The maximum atomic E-state index is 12.6. The molecule has 0 saturated carbocycles. The number of esters is 2. The second kappa shape index (κ2) is 45.8. The minimum Gasteiger partial charge on any atom is -0.477 e. The lowest BCUT2D eigenvalue weighted by Crippen LogP contribution is -2.41. The highest BCUT2D eigenvalue weighted by atomic mass is 127. The van der Waals surface area contributed by atoms with Gasteiger partial charge in [0.05, 0.1) is 57.4 Å². The number of pyridine rings is 4. The highest BCUT2D eigenvalue weighted by molar-refractivity contribution is 14.1. The number of nitrogens with zero attached hydrogens (tertiary/aromatic N) is 10. The summed E-state index contributed by atoms with van der Waals surface area (Å²) in [6, 6.07) is 15.4. The molecule has 26 nitrogen and oxygen atoms in total. The third-order valence-electron chi connectivity index (χ3n) is 17.9. The molecule has 10 heterocycles. The summed E-state index contributed by atoms with van der Waals surface area (Å²) >= 11 is 1.97. The van der Waals surface area contributed by atoms with Gasteiger partial charge in [-0.15, -0.1) is 0 Å². The Morgan fingerprint density at radius 1 is 0.509 bits per heavy atom. The van der Waals surface area contributed by atoms with Gasteiger partial charge in [-0.05, 0) is 181 Å². The van der Waals surface area contributed by atoms with E-state index in [0.29, 0.717) is 109 Å². The molecule has 37 heteroatoms. The zero-order valence-electron chi connectivity index (χ0n) is 60.7. The molecular weight excluding hydrogens is 1560 g/mol. The Morgan fingerprint density at radius 3 is 1.19 bits per heavy atom. The predicted octanol–water partition coefficient (Wildman–Crippen LogP) is 10.0. The first-order valence-electron chi connectivity index (χ1n) is 35.0. The number of methoxy groups -OCH3 is 2. The van der Waals surface area contributed by atoms with Crippen LogP contribution in [0.4, 0.5) is 60.1 Å². The fraction of sp³-hybridized carbons (Fsp3) is 0.577. The normalized spacial score (nSPS) is 17.1. The summed E-state index contributed by atoms with van der Waals surface area (Å²) in [7, 11) is 2.43. The van der Waals surface area contributed by atoms with Crippen LogP contribution in [0.1, 0.15) is 140 Å². The van der Waals surface area contributed by atoms with Gasteiger partial charge in [0, 0.05) is 107 Å². The number of carbonyl (C=O) groups is 4. The Labute approximate surface area is 630 Å². The Balaban J connectivity index is 0.000000237. The second-order valence-corrected chi connectivity index (χ2v) is 27.2. The Kier molecular flexibility index (Phi) is 38.4. The van der Waals surface area contributed by atoms with Crippen LogP contribution in [0.3, 0.4) is 0 Å². The number of nitrogens with one attached hydrogen (secondary N) is 1. The summed E-state index contributed by atoms with van der Waals surface area (Å²) < 4.78 is 149. The van der Waals surface area contributed by atoms with E-state index in [2.05, 4.69) is 24.2 Å². The number of aliphatic imine (C=N–C) groups is 1. The molecule has 0 radical (unpaired) electrons. The molecule has 5 aliphatic rings. The summed E-state index contributed by atoms with van der Waals surface area (Å²) in [4.78, 5) is 118. The van der Waals surface area contributed by atoms with Crippen molar-refractivity contribution in [2.24, 2.45) is 10.7 Å². The van der Waals surface area contributed by atoms with Gasteiger partial charge >= 0.3 is 29.6 Å². The first kappa shape index (κ1) is 90.5. The summed E-state index contributed by atoms with van der Waals surface area (Å²) in [6.45, 7) is 9.92. The van der Waals surface area contributed by atoms with Gasteiger partial charge in [0.25, 0.3) is 54.4 Å². The Hall–Kier alpha value is -8.11. The number of hydrogen-bond acceptors (Lipinski definition) is 20. The highest BCUT2D eigenvalue weighted by Crippen LogP contribution is 2.27. The van der Waals surface area contributed by atoms with Crippen LogP contribution in [0.2, 0.25) is 0 Å². The van der Waals surface area contributed by atoms with Crippen molar-refractivity contribution in [1.82, 2.24) is 42.8 Å². The number of hydrogen-bond donors (Lipinski definition) is 3. The number of halogens is 11. The molecule has 0 atom stereocenters. The molecular formula is C71H95F10IN12O14. The van der Waals surface area contributed by atoms with Gasteiger partial charge in [0.15, 0.2) is 0 Å². The fourth-order valence-electron chi connectivity index (χ4n) is 12.5. The van der Waals surface area contributed by atoms with Crippen LogP contribution >= 0.6 is 22.6 Å². The van der Waals surface area contributed by atoms with Crippen LogP contribution in [-0.2, 0) is 14.2 Å². The van der Waals surface area contributed by atoms with E-state index in [1.165, 1.54) is 66.0 Å². The molecule has 5 saturated heterocycles. The van der Waals surface area contributed by atoms with Gasteiger partial charge in [-0.25, -0.2) is 72.9 Å². The van der Waals surface area contributed by atoms with Crippen LogP contribution in [0.5, 0.6) is 0 Å². The van der Waals surface area contributed by atoms with Crippen LogP contribution < -0.4 is 38.9 Å². The van der Waals surface area contributed by atoms with Crippen molar-refractivity contribution in [2.75, 3.05) is 118 Å². The lowest BCUT2D eigenvalue weighted by molar-refractivity contribution is 0.0586. The largest absolute Gasteiger partial charge is 0.477 e. The van der Waals surface area contributed by atoms with Crippen molar-refractivity contribution in [3.8, 4) is 0 Å². The average Bonchev–Trinajstić information content (AvgIpc) is 0.832. The number of anilines is 1. The van der Waals surface area contributed by atoms with Gasteiger partial charge in [0.2, 0.25) is 0 Å². The van der Waals surface area contributed by atoms with E-state index in [0.717, 1.165) is 25.9 Å². The zero-order valence-corrected chi connectivity index (χ0v) is 62.8. The van der Waals surface area contributed by atoms with Gasteiger partial charge in [-0.3, -0.25) is 49.0 Å². The number of carboxylic acids is 1. The van der Waals surface area contributed by atoms with Crippen LogP contribution in [-0.4, -0.2) is 232 Å². The maximum absolute atomic E-state index is 12.6. The maximum Gasteiger partial charge on any atom is 0.412 e. The lowest BCUT2D eigenvalue weighted by Gasteiger charge is -2.32. The van der Waals surface area contributed by atoms with Crippen LogP contribution in [0.15, 0.2) is 125 Å². The van der Waals surface area contributed by atoms with E-state index in [1.807, 2.05) is 22.6 Å². The van der Waals surface area contributed by atoms with Gasteiger partial charge in [-0.2, -0.15) is 0 Å². The summed E-state index contributed by atoms with van der Waals surface area (Å²) in [5.41, 5.74) is 3.12. The quantitative estimate of drug-likeness (QED) is 0.0228. The zero-order chi connectivity index (χ0) is 79.8. The van der Waals surface area contributed by atoms with E-state index in [1.54, 1.807) is 108 Å². The molecule has 0 unspecified atom stereocenters. The summed E-state index contributed by atoms with van der Waals surface area (Å²) in [6.07, 6.45) is 2.28. The molecule has 5 fully saturated rings. The predicted molar refractivity (Wildman–Crippen MR) is 392 cm³/mol. The van der Waals surface area contributed by atoms with Crippen LogP contribution in [0.25, 0.3) is 0 Å². The number of carbonyl (C=O) groups excluding carboxylic acids is 3. The average molecular weight is 1660 g/mol. The number of aromatic carboxylic acids is 1. The third kappa shape index (κ3) is 30.7. The lowest BCUT2D eigenvalue weighted by atomic mass is 10.0. The number of carboxylic acid groups (broad SMARTS) is 1. The van der Waals surface area contributed by atoms with E-state index >= 15 is 0 Å². The van der Waals surface area contributed by atoms with E-state index in [-0.39, 0.29) is 96.4 Å². The van der Waals surface area contributed by atoms with E-state index in [9.17, 15) is 87.1 Å². The number of likely N-dealkylation sites (tertiary alicyclic amines) is 5. The van der Waals surface area contributed by atoms with Gasteiger partial charge in [-0.1, -0.05) is 0 Å². The number of ether oxygens (including phenoxy) is 3. The SMILES string of the molecule is CC(C)(C)OC(=O)Nc1cccn(C2CCN(CC(F)F)CC2)c1=O.COC(=O)c1cccn(C2CCN(CC(F)F)CC2)c1=O.COC(=O)c1cccoc1=O.NC1CCN(CC(F)F)CC1.O=C(O)c1cccn(C2CCN(CC(F)F)CC2)c1=O.O=c1c(N=CI)cccn1C1CCN(CC(F)F)CC1. The number of rotatable bonds is 19. The molecule has 1 amide bonds. The minimum absolute atomic E-state index is 0.00462. The van der Waals surface area contributed by atoms with Gasteiger partial charge < -0.3 is 47.7 Å². The smallest absolute Gasteiger partial charge is 0.412 e. The first-order chi connectivity index (χ1) is 51.2. The topological polar surface area (TPSA) is 301 Å². The highest BCUT2D eigenvalue weighted by Gasteiger charge is 2.30. The van der Waals surface area contributed by atoms with E-state index in [4.69, 9.17) is 15.6 Å². The van der Waals surface area contributed by atoms with Crippen molar-refractivity contribution in [1.29, 1.82) is 0 Å². The van der Waals surface area contributed by atoms with Crippen molar-refractivity contribution in [2.45, 2.75) is 153 Å². The molecule has 108 heavy (non-hydrogen) atoms. The Bertz CT molecular complexity index is 3940. The molecule has 0 bridgehead atoms. The second-order valence-electron chi connectivity index (χ2n) is 26.7. The molecule has 5 aromatic heterocycles. The first-order valence-corrected chi connectivity index (χ1v) is 36.2. The standard InChI is InChI=1S/C17H25F2N3O3.C14H18F2N2O3.C13H16F2IN3O.C13H16F2N2O3.C7H14F2N2.C7H6O4/c1-17(2,3)25-16(24)20-13-5-4-8-22(15(13)23)12-6-9-21(10-7-12)11-14(18)19;1-21-14(20)11-3-2-6-18(13(11)19)10-4-7-17(8-5-10)9-12(15)16;14-12(15)8-18-6-3-10(4-7-18)19-5-1-2-11(13(19)20)17-9-16;14-11(15)8-16-6-3-9(4-7-16)17-5-1-2-10(12(17)18)13(19)20;8-7(9)5-11-3-1-6(10)2-4-11;1-10-6(8)5-3-2-4-11-7(5)9/h4-5,8,12,14H,6-7,9-11H2,1-3H3,(H,20,24);2-3,6,10,12H,4-5,7-9H2,1H3;1-2,5,9-10,12H,3-4,6-8H2;1-2,5,9,11H,3-4,6-8H2,(H,19,20);6-7H,1-5,10H2;2-4H,1H3. The Morgan fingerprint density at radius 2 is 0.833 bits per heavy atom. The monoisotopic (exact) mass is 1660 g/mol. The van der Waals surface area contributed by atoms with Crippen molar-refractivity contribution < 1.29 is 86.8 Å². The molecule has 4 N–H and O–H groups in total. The van der Waals surface area contributed by atoms with Crippen LogP contribution in [0, 0.1) is 0 Å². The summed E-state index contributed by atoms with van der Waals surface area (Å²) in [5, 5.41) is 11.4. The van der Waals surface area contributed by atoms with Crippen molar-refractivity contribution in [3.63, 3.8) is 0 Å². The molecule has 0 aliphatic carbocycles. The third-order valence-corrected chi connectivity index (χ3v) is 18.2. The summed E-state index contributed by atoms with van der Waals surface area (Å²) in [5.74, 6) is -2.59. The number of aromatic nitrogens is 4. The molecule has 10 rings (SSSR count). The number of amides is 1. The fourth-order valence-corrected chi connectivity index (χ4v) is 12.8.